The van der Waals surface area contributed by atoms with Crippen LogP contribution in [0.1, 0.15) is 55.3 Å². The summed E-state index contributed by atoms with van der Waals surface area (Å²) in [5.41, 5.74) is 5.50. The fourth-order valence-corrected chi connectivity index (χ4v) is 6.63. The van der Waals surface area contributed by atoms with Gasteiger partial charge in [0, 0.05) is 60.5 Å². The van der Waals surface area contributed by atoms with Crippen molar-refractivity contribution in [3.05, 3.63) is 95.8 Å². The highest BCUT2D eigenvalue weighted by Gasteiger charge is 2.55. The van der Waals surface area contributed by atoms with E-state index in [1.165, 1.54) is 11.3 Å². The number of aromatic amines is 3. The standard InChI is InChI=1S/C31H37N5O2/c1-31-22(19-32-20-24-8-4-16-34-24)6-2-10-29(31)36(30(37)14-11-23-7-3-15-33-23)28-18-26(12-13-27(28)31)38-21-25-9-5-17-35-25/h3-5,7-9,12-13,15-18,22,29,32-35H,2,6,10-11,14,19-21H2,1H3/t22-,29-,31-/m1/s1. The third-order valence-corrected chi connectivity index (χ3v) is 8.66. The van der Waals surface area contributed by atoms with E-state index in [9.17, 15) is 4.79 Å². The van der Waals surface area contributed by atoms with Crippen molar-refractivity contribution < 1.29 is 9.53 Å². The van der Waals surface area contributed by atoms with Crippen LogP contribution in [0.4, 0.5) is 5.69 Å². The zero-order chi connectivity index (χ0) is 26.0. The zero-order valence-electron chi connectivity index (χ0n) is 22.0. The molecule has 7 heteroatoms. The van der Waals surface area contributed by atoms with Gasteiger partial charge in [-0.05, 0) is 79.8 Å². The Morgan fingerprint density at radius 3 is 2.47 bits per heavy atom. The fourth-order valence-electron chi connectivity index (χ4n) is 6.63. The van der Waals surface area contributed by atoms with Gasteiger partial charge in [0.1, 0.15) is 12.4 Å². The lowest BCUT2D eigenvalue weighted by Crippen LogP contribution is -2.54. The molecule has 0 unspecified atom stereocenters. The number of ether oxygens (including phenoxy) is 1. The second-order valence-electron chi connectivity index (χ2n) is 10.9. The van der Waals surface area contributed by atoms with E-state index in [0.29, 0.717) is 25.4 Å². The van der Waals surface area contributed by atoms with Gasteiger partial charge in [-0.1, -0.05) is 19.4 Å². The number of nitrogens with one attached hydrogen (secondary N) is 4. The maximum atomic E-state index is 13.9. The van der Waals surface area contributed by atoms with Crippen molar-refractivity contribution in [3.8, 4) is 5.75 Å². The van der Waals surface area contributed by atoms with Crippen molar-refractivity contribution >= 4 is 11.6 Å². The highest BCUT2D eigenvalue weighted by atomic mass is 16.5. The van der Waals surface area contributed by atoms with Gasteiger partial charge in [0.25, 0.3) is 0 Å². The Morgan fingerprint density at radius 2 is 1.74 bits per heavy atom. The Labute approximate surface area is 224 Å². The number of amides is 1. The van der Waals surface area contributed by atoms with Crippen LogP contribution in [0.3, 0.4) is 0 Å². The molecule has 7 nitrogen and oxygen atoms in total. The van der Waals surface area contributed by atoms with E-state index in [-0.39, 0.29) is 17.4 Å². The van der Waals surface area contributed by atoms with Crippen LogP contribution in [0.5, 0.6) is 5.75 Å². The molecule has 1 aromatic carbocycles. The summed E-state index contributed by atoms with van der Waals surface area (Å²) >= 11 is 0. The van der Waals surface area contributed by atoms with Gasteiger partial charge in [-0.3, -0.25) is 4.79 Å². The van der Waals surface area contributed by atoms with E-state index >= 15 is 0 Å². The summed E-state index contributed by atoms with van der Waals surface area (Å²) < 4.78 is 6.15. The Bertz CT molecular complexity index is 1330. The minimum absolute atomic E-state index is 0.115. The molecule has 0 bridgehead atoms. The Balaban J connectivity index is 1.27. The predicted molar refractivity (Wildman–Crippen MR) is 149 cm³/mol. The molecule has 3 aromatic heterocycles. The van der Waals surface area contributed by atoms with Gasteiger partial charge in [-0.25, -0.2) is 0 Å². The second-order valence-corrected chi connectivity index (χ2v) is 10.9. The first kappa shape index (κ1) is 24.6. The Kier molecular flexibility index (Phi) is 6.85. The number of anilines is 1. The molecule has 0 radical (unpaired) electrons. The van der Waals surface area contributed by atoms with Crippen molar-refractivity contribution in [1.29, 1.82) is 0 Å². The summed E-state index contributed by atoms with van der Waals surface area (Å²) in [4.78, 5) is 25.7. The molecule has 3 atom stereocenters. The summed E-state index contributed by atoms with van der Waals surface area (Å²) in [6.07, 6.45) is 10.3. The van der Waals surface area contributed by atoms with Crippen molar-refractivity contribution in [2.75, 3.05) is 11.4 Å². The largest absolute Gasteiger partial charge is 0.487 e. The molecule has 1 amide bonds. The van der Waals surface area contributed by atoms with E-state index in [0.717, 1.165) is 55.2 Å². The first-order valence-corrected chi connectivity index (χ1v) is 13.8. The lowest BCUT2D eigenvalue weighted by molar-refractivity contribution is -0.119. The lowest BCUT2D eigenvalue weighted by atomic mass is 9.62. The van der Waals surface area contributed by atoms with Gasteiger partial charge < -0.3 is 29.9 Å². The van der Waals surface area contributed by atoms with Gasteiger partial charge in [0.2, 0.25) is 5.91 Å². The zero-order valence-corrected chi connectivity index (χ0v) is 22.0. The van der Waals surface area contributed by atoms with Crippen LogP contribution >= 0.6 is 0 Å². The molecule has 4 heterocycles. The first-order chi connectivity index (χ1) is 18.6. The highest BCUT2D eigenvalue weighted by molar-refractivity contribution is 5.97. The number of aryl methyl sites for hydroxylation is 1. The minimum Gasteiger partial charge on any atom is -0.487 e. The van der Waals surface area contributed by atoms with Gasteiger partial charge >= 0.3 is 0 Å². The molecule has 38 heavy (non-hydrogen) atoms. The third-order valence-electron chi connectivity index (χ3n) is 8.66. The molecular formula is C31H37N5O2. The van der Waals surface area contributed by atoms with Crippen LogP contribution in [0.15, 0.2) is 73.2 Å². The molecule has 6 rings (SSSR count). The normalized spacial score (nSPS) is 22.3. The van der Waals surface area contributed by atoms with Crippen molar-refractivity contribution in [1.82, 2.24) is 20.3 Å². The Hall–Kier alpha value is -3.71. The monoisotopic (exact) mass is 511 g/mol. The van der Waals surface area contributed by atoms with Crippen molar-refractivity contribution in [3.63, 3.8) is 0 Å². The molecule has 0 saturated heterocycles. The lowest BCUT2D eigenvalue weighted by Gasteiger charge is -2.46. The van der Waals surface area contributed by atoms with E-state index in [1.54, 1.807) is 0 Å². The smallest absolute Gasteiger partial charge is 0.227 e. The van der Waals surface area contributed by atoms with Crippen molar-refractivity contribution in [2.24, 2.45) is 5.92 Å². The van der Waals surface area contributed by atoms with Crippen LogP contribution in [0, 0.1) is 5.92 Å². The first-order valence-electron chi connectivity index (χ1n) is 13.8. The summed E-state index contributed by atoms with van der Waals surface area (Å²) in [6.45, 7) is 4.59. The fraction of sp³-hybridized carbons (Fsp3) is 0.387. The van der Waals surface area contributed by atoms with Crippen LogP contribution in [0.2, 0.25) is 0 Å². The van der Waals surface area contributed by atoms with E-state index in [4.69, 9.17) is 4.74 Å². The van der Waals surface area contributed by atoms with Gasteiger partial charge in [0.05, 0.1) is 11.4 Å². The number of carbonyl (C=O) groups is 1. The molecule has 0 spiro atoms. The molecule has 1 aliphatic carbocycles. The molecule has 1 aliphatic heterocycles. The summed E-state index contributed by atoms with van der Waals surface area (Å²) in [5.74, 6) is 1.42. The average molecular weight is 512 g/mol. The van der Waals surface area contributed by atoms with Gasteiger partial charge in [-0.2, -0.15) is 0 Å². The number of rotatable bonds is 10. The minimum atomic E-state index is -0.115. The van der Waals surface area contributed by atoms with Crippen LogP contribution < -0.4 is 15.0 Å². The number of H-pyrrole nitrogens is 3. The molecular weight excluding hydrogens is 474 g/mol. The molecule has 4 N–H and O–H groups in total. The molecule has 1 saturated carbocycles. The summed E-state index contributed by atoms with van der Waals surface area (Å²) in [6, 6.07) is 18.7. The number of nitrogens with zero attached hydrogens (tertiary/aromatic N) is 1. The number of hydrogen-bond donors (Lipinski definition) is 4. The topological polar surface area (TPSA) is 88.9 Å². The number of carbonyl (C=O) groups excluding carboxylic acids is 1. The van der Waals surface area contributed by atoms with E-state index in [1.807, 2.05) is 48.9 Å². The number of aromatic nitrogens is 3. The van der Waals surface area contributed by atoms with Gasteiger partial charge in [-0.15, -0.1) is 0 Å². The van der Waals surface area contributed by atoms with Crippen LogP contribution in [-0.2, 0) is 29.8 Å². The molecule has 2 aliphatic rings. The molecule has 198 valence electrons. The summed E-state index contributed by atoms with van der Waals surface area (Å²) in [7, 11) is 0. The number of fused-ring (bicyclic) bond motifs is 3. The maximum Gasteiger partial charge on any atom is 0.227 e. The van der Waals surface area contributed by atoms with Crippen LogP contribution in [0.25, 0.3) is 0 Å². The second kappa shape index (κ2) is 10.6. The number of hydrogen-bond acceptors (Lipinski definition) is 3. The SMILES string of the molecule is C[C@@]12c3ccc(OCc4ccc[nH]4)cc3N(C(=O)CCc3ccc[nH]3)[C@@H]1CCC[C@@H]2CNCc1ccc[nH]1. The van der Waals surface area contributed by atoms with E-state index in [2.05, 4.69) is 56.4 Å². The third kappa shape index (κ3) is 4.67. The van der Waals surface area contributed by atoms with E-state index < -0.39 is 0 Å². The Morgan fingerprint density at radius 1 is 1.00 bits per heavy atom. The van der Waals surface area contributed by atoms with Crippen LogP contribution in [-0.4, -0.2) is 33.4 Å². The highest BCUT2D eigenvalue weighted by Crippen LogP contribution is 2.55. The van der Waals surface area contributed by atoms with Gasteiger partial charge in [0.15, 0.2) is 0 Å². The predicted octanol–water partition coefficient (Wildman–Crippen LogP) is 5.45. The average Bonchev–Trinajstić information content (AvgIpc) is 3.74. The number of benzene rings is 1. The molecule has 4 aromatic rings. The van der Waals surface area contributed by atoms with Crippen molar-refractivity contribution in [2.45, 2.75) is 63.6 Å². The quantitative estimate of drug-likeness (QED) is 0.228. The maximum absolute atomic E-state index is 13.9. The summed E-state index contributed by atoms with van der Waals surface area (Å²) in [5, 5.41) is 3.69. The molecule has 1 fully saturated rings.